The second-order valence-electron chi connectivity index (χ2n) is 5.02. The second-order valence-corrected chi connectivity index (χ2v) is 5.02. The van der Waals surface area contributed by atoms with Gasteiger partial charge in [0.2, 0.25) is 5.95 Å². The molecule has 20 heavy (non-hydrogen) atoms. The van der Waals surface area contributed by atoms with Gasteiger partial charge in [-0.15, -0.1) is 0 Å². The van der Waals surface area contributed by atoms with E-state index in [-0.39, 0.29) is 0 Å². The number of rotatable bonds is 4. The maximum Gasteiger partial charge on any atom is 0.221 e. The summed E-state index contributed by atoms with van der Waals surface area (Å²) in [5.74, 6) is 0.827. The lowest BCUT2D eigenvalue weighted by molar-refractivity contribution is 0.109. The van der Waals surface area contributed by atoms with Gasteiger partial charge in [0.05, 0.1) is 6.10 Å². The third kappa shape index (κ3) is 2.97. The zero-order valence-electron chi connectivity index (χ0n) is 11.3. The van der Waals surface area contributed by atoms with E-state index in [1.807, 2.05) is 30.3 Å². The number of nitrogens with one attached hydrogen (secondary N) is 1. The van der Waals surface area contributed by atoms with Crippen LogP contribution in [0.15, 0.2) is 36.7 Å². The van der Waals surface area contributed by atoms with Crippen molar-refractivity contribution in [1.29, 1.82) is 0 Å². The molecule has 0 aliphatic carbocycles. The molecule has 2 N–H and O–H groups in total. The van der Waals surface area contributed by atoms with Gasteiger partial charge in [0, 0.05) is 32.7 Å². The molecule has 0 unspecified atom stereocenters. The highest BCUT2D eigenvalue weighted by Gasteiger charge is 2.21. The van der Waals surface area contributed by atoms with E-state index in [1.165, 1.54) is 6.33 Å². The summed E-state index contributed by atoms with van der Waals surface area (Å²) in [5, 5.41) is 17.0. The maximum absolute atomic E-state index is 10.2. The molecule has 0 amide bonds. The minimum atomic E-state index is -0.423. The number of aliphatic hydroxyl groups is 1. The number of H-pyrrole nitrogens is 1. The van der Waals surface area contributed by atoms with Crippen molar-refractivity contribution in [3.05, 3.63) is 42.2 Å². The molecule has 0 radical (unpaired) electrons. The topological polar surface area (TPSA) is 68.3 Å². The van der Waals surface area contributed by atoms with E-state index in [2.05, 4.69) is 25.0 Å². The molecule has 0 bridgehead atoms. The fourth-order valence-electron chi connectivity index (χ4n) is 2.52. The Morgan fingerprint density at radius 1 is 1.15 bits per heavy atom. The normalized spacial score (nSPS) is 18.1. The zero-order chi connectivity index (χ0) is 13.8. The van der Waals surface area contributed by atoms with Gasteiger partial charge in [-0.2, -0.15) is 10.1 Å². The molecule has 1 aliphatic heterocycles. The second kappa shape index (κ2) is 6.02. The number of hydrogen-bond acceptors (Lipinski definition) is 5. The van der Waals surface area contributed by atoms with Gasteiger partial charge in [-0.05, 0) is 5.56 Å². The van der Waals surface area contributed by atoms with E-state index in [1.54, 1.807) is 0 Å². The zero-order valence-corrected chi connectivity index (χ0v) is 11.3. The third-order valence-electron chi connectivity index (χ3n) is 3.69. The monoisotopic (exact) mass is 273 g/mol. The first-order chi connectivity index (χ1) is 9.83. The van der Waals surface area contributed by atoms with Crippen molar-refractivity contribution >= 4 is 5.95 Å². The molecule has 2 aromatic rings. The Balaban J connectivity index is 1.51. The van der Waals surface area contributed by atoms with Crippen LogP contribution in [-0.4, -0.2) is 57.9 Å². The summed E-state index contributed by atoms with van der Waals surface area (Å²) in [6.07, 6.45) is 1.11. The molecule has 2 heterocycles. The van der Waals surface area contributed by atoms with Crippen LogP contribution in [0.1, 0.15) is 11.7 Å². The molecule has 6 heteroatoms. The van der Waals surface area contributed by atoms with E-state index in [0.29, 0.717) is 6.54 Å². The summed E-state index contributed by atoms with van der Waals surface area (Å²) < 4.78 is 0. The molecule has 1 atom stereocenters. The molecule has 106 valence electrons. The lowest BCUT2D eigenvalue weighted by atomic mass is 10.1. The van der Waals surface area contributed by atoms with Crippen LogP contribution >= 0.6 is 0 Å². The fraction of sp³-hybridized carbons (Fsp3) is 0.429. The highest BCUT2D eigenvalue weighted by molar-refractivity contribution is 5.28. The number of aliphatic hydroxyl groups excluding tert-OH is 1. The van der Waals surface area contributed by atoms with Crippen LogP contribution in [0, 0.1) is 0 Å². The van der Waals surface area contributed by atoms with Crippen molar-refractivity contribution < 1.29 is 5.11 Å². The molecule has 6 nitrogen and oxygen atoms in total. The van der Waals surface area contributed by atoms with Gasteiger partial charge < -0.3 is 10.0 Å². The SMILES string of the molecule is O[C@H](CN1CCN(c2ncn[nH]2)CC1)c1ccccc1. The van der Waals surface area contributed by atoms with Gasteiger partial charge in [0.15, 0.2) is 0 Å². The lowest BCUT2D eigenvalue weighted by Gasteiger charge is -2.35. The average molecular weight is 273 g/mol. The van der Waals surface area contributed by atoms with Crippen LogP contribution in [0.25, 0.3) is 0 Å². The standard InChI is InChI=1S/C14H19N5O/c20-13(12-4-2-1-3-5-12)10-18-6-8-19(9-7-18)14-15-11-16-17-14/h1-5,11,13,20H,6-10H2,(H,15,16,17)/t13-/m1/s1. The van der Waals surface area contributed by atoms with Crippen LogP contribution < -0.4 is 4.90 Å². The van der Waals surface area contributed by atoms with E-state index in [4.69, 9.17) is 0 Å². The van der Waals surface area contributed by atoms with Gasteiger partial charge >= 0.3 is 0 Å². The molecule has 1 aromatic carbocycles. The first-order valence-corrected chi connectivity index (χ1v) is 6.88. The summed E-state index contributed by atoms with van der Waals surface area (Å²) in [6.45, 7) is 4.32. The van der Waals surface area contributed by atoms with Gasteiger partial charge in [-0.25, -0.2) is 5.10 Å². The smallest absolute Gasteiger partial charge is 0.221 e. The quantitative estimate of drug-likeness (QED) is 0.856. The van der Waals surface area contributed by atoms with Crippen molar-refractivity contribution in [3.63, 3.8) is 0 Å². The van der Waals surface area contributed by atoms with Gasteiger partial charge in [-0.1, -0.05) is 30.3 Å². The largest absolute Gasteiger partial charge is 0.387 e. The number of piperazine rings is 1. The average Bonchev–Trinajstić information content (AvgIpc) is 3.03. The highest BCUT2D eigenvalue weighted by Crippen LogP contribution is 2.16. The van der Waals surface area contributed by atoms with Crippen molar-refractivity contribution in [1.82, 2.24) is 20.1 Å². The Kier molecular flexibility index (Phi) is 3.94. The van der Waals surface area contributed by atoms with E-state index in [0.717, 1.165) is 37.7 Å². The summed E-state index contributed by atoms with van der Waals surface area (Å²) in [6, 6.07) is 9.82. The predicted molar refractivity (Wildman–Crippen MR) is 76.4 cm³/mol. The summed E-state index contributed by atoms with van der Waals surface area (Å²) >= 11 is 0. The van der Waals surface area contributed by atoms with E-state index < -0.39 is 6.10 Å². The van der Waals surface area contributed by atoms with Crippen molar-refractivity contribution in [2.24, 2.45) is 0 Å². The molecule has 1 saturated heterocycles. The first kappa shape index (κ1) is 13.1. The molecular formula is C14H19N5O. The summed E-state index contributed by atoms with van der Waals surface area (Å²) in [5.41, 5.74) is 0.977. The molecule has 1 aromatic heterocycles. The number of benzene rings is 1. The van der Waals surface area contributed by atoms with Crippen LogP contribution in [0.5, 0.6) is 0 Å². The number of aromatic nitrogens is 3. The molecule has 0 saturated carbocycles. The highest BCUT2D eigenvalue weighted by atomic mass is 16.3. The first-order valence-electron chi connectivity index (χ1n) is 6.88. The number of anilines is 1. The van der Waals surface area contributed by atoms with Crippen LogP contribution in [0.4, 0.5) is 5.95 Å². The number of nitrogens with zero attached hydrogens (tertiary/aromatic N) is 4. The van der Waals surface area contributed by atoms with Crippen LogP contribution in [0.3, 0.4) is 0 Å². The number of aromatic amines is 1. The molecule has 0 spiro atoms. The lowest BCUT2D eigenvalue weighted by Crippen LogP contribution is -2.47. The van der Waals surface area contributed by atoms with Crippen molar-refractivity contribution in [2.45, 2.75) is 6.10 Å². The Morgan fingerprint density at radius 3 is 2.55 bits per heavy atom. The Labute approximate surface area is 118 Å². The van der Waals surface area contributed by atoms with Crippen molar-refractivity contribution in [2.75, 3.05) is 37.6 Å². The number of β-amino-alcohol motifs (C(OH)–C–C–N with tert-alkyl or cyclic N) is 1. The third-order valence-corrected chi connectivity index (χ3v) is 3.69. The minimum absolute atomic E-state index is 0.423. The van der Waals surface area contributed by atoms with Gasteiger partial charge in [0.25, 0.3) is 0 Å². The van der Waals surface area contributed by atoms with Crippen LogP contribution in [0.2, 0.25) is 0 Å². The molecular weight excluding hydrogens is 254 g/mol. The number of hydrogen-bond donors (Lipinski definition) is 2. The predicted octanol–water partition coefficient (Wildman–Crippen LogP) is 0.660. The maximum atomic E-state index is 10.2. The van der Waals surface area contributed by atoms with Crippen molar-refractivity contribution in [3.8, 4) is 0 Å². The molecule has 3 rings (SSSR count). The molecule has 1 fully saturated rings. The molecule has 1 aliphatic rings. The van der Waals surface area contributed by atoms with Gasteiger partial charge in [-0.3, -0.25) is 4.90 Å². The van der Waals surface area contributed by atoms with E-state index in [9.17, 15) is 5.11 Å². The van der Waals surface area contributed by atoms with E-state index >= 15 is 0 Å². The Bertz CT molecular complexity index is 508. The minimum Gasteiger partial charge on any atom is -0.387 e. The summed E-state index contributed by atoms with van der Waals surface area (Å²) in [4.78, 5) is 8.63. The Hall–Kier alpha value is -1.92. The van der Waals surface area contributed by atoms with Gasteiger partial charge in [0.1, 0.15) is 6.33 Å². The Morgan fingerprint density at radius 2 is 1.90 bits per heavy atom. The fourth-order valence-corrected chi connectivity index (χ4v) is 2.52. The van der Waals surface area contributed by atoms with Crippen LogP contribution in [-0.2, 0) is 0 Å². The summed E-state index contributed by atoms with van der Waals surface area (Å²) in [7, 11) is 0.